The molecule has 4 aromatic carbocycles. The summed E-state index contributed by atoms with van der Waals surface area (Å²) in [6, 6.07) is 38.9. The van der Waals surface area contributed by atoms with E-state index in [0.29, 0.717) is 25.2 Å². The lowest BCUT2D eigenvalue weighted by Crippen LogP contribution is -2.59. The highest BCUT2D eigenvalue weighted by molar-refractivity contribution is 7.97. The number of carbonyl (C=O) groups excluding carboxylic acids is 1. The number of nitrogens with zero attached hydrogens (tertiary/aromatic N) is 4. The number of carboxylic acid groups (broad SMARTS) is 1. The number of carbonyl (C=O) groups is 2. The number of hydrogen-bond acceptors (Lipinski definition) is 6. The van der Waals surface area contributed by atoms with E-state index in [1.165, 1.54) is 4.90 Å². The van der Waals surface area contributed by atoms with Gasteiger partial charge in [0.1, 0.15) is 17.4 Å². The van der Waals surface area contributed by atoms with Gasteiger partial charge >= 0.3 is 6.09 Å². The number of amides is 1. The van der Waals surface area contributed by atoms with Crippen molar-refractivity contribution in [2.45, 2.75) is 65.5 Å². The Morgan fingerprint density at radius 2 is 1.30 bits per heavy atom. The highest BCUT2D eigenvalue weighted by Gasteiger charge is 2.47. The van der Waals surface area contributed by atoms with Crippen LogP contribution in [0, 0.1) is 16.7 Å². The predicted octanol–water partition coefficient (Wildman–Crippen LogP) is 7.49. The fourth-order valence-electron chi connectivity index (χ4n) is 7.00. The van der Waals surface area contributed by atoms with Gasteiger partial charge in [0.15, 0.2) is 5.78 Å². The number of rotatable bonds is 14. The van der Waals surface area contributed by atoms with Crippen LogP contribution in [0.15, 0.2) is 126 Å². The van der Waals surface area contributed by atoms with E-state index in [4.69, 9.17) is 4.42 Å². The Hall–Kier alpha value is -5.25. The van der Waals surface area contributed by atoms with Crippen molar-refractivity contribution in [2.24, 2.45) is 5.41 Å². The van der Waals surface area contributed by atoms with Crippen molar-refractivity contribution in [1.29, 1.82) is 5.26 Å². The van der Waals surface area contributed by atoms with E-state index in [1.807, 2.05) is 149 Å². The zero-order valence-corrected chi connectivity index (χ0v) is 29.8. The maximum atomic E-state index is 15.6. The van der Waals surface area contributed by atoms with Crippen molar-refractivity contribution in [3.05, 3.63) is 127 Å². The van der Waals surface area contributed by atoms with Gasteiger partial charge in [0.05, 0.1) is 0 Å². The zero-order chi connectivity index (χ0) is 35.7. The Morgan fingerprint density at radius 3 is 1.72 bits per heavy atom. The Labute approximate surface area is 294 Å². The molecule has 2 atom stereocenters. The molecular weight excluding hydrogens is 643 g/mol. The molecule has 0 radical (unpaired) electrons. The lowest BCUT2D eigenvalue weighted by molar-refractivity contribution is -0.122. The fraction of sp³-hybridized carbons (Fsp3) is 0.268. The molecule has 0 saturated carbocycles. The van der Waals surface area contributed by atoms with Crippen molar-refractivity contribution >= 4 is 40.0 Å². The van der Waals surface area contributed by atoms with Gasteiger partial charge in [0.25, 0.3) is 0 Å². The Morgan fingerprint density at radius 1 is 0.820 bits per heavy atom. The van der Waals surface area contributed by atoms with Gasteiger partial charge in [-0.2, -0.15) is 5.26 Å². The van der Waals surface area contributed by atoms with Crippen LogP contribution in [0.3, 0.4) is 0 Å². The third kappa shape index (κ3) is 7.20. The molecule has 0 bridgehead atoms. The quantitative estimate of drug-likeness (QED) is 0.120. The number of nitriles is 1. The molecule has 0 saturated heterocycles. The minimum atomic E-state index is -3.12. The molecule has 256 valence electrons. The van der Waals surface area contributed by atoms with E-state index in [9.17, 15) is 15.2 Å². The Kier molecular flexibility index (Phi) is 11.5. The normalized spacial score (nSPS) is 12.8. The highest BCUT2D eigenvalue weighted by atomic mass is 31.2. The van der Waals surface area contributed by atoms with E-state index in [2.05, 4.69) is 16.3 Å². The van der Waals surface area contributed by atoms with E-state index in [-0.39, 0.29) is 17.6 Å². The predicted molar refractivity (Wildman–Crippen MR) is 201 cm³/mol. The maximum Gasteiger partial charge on any atom is 0.408 e. The third-order valence-corrected chi connectivity index (χ3v) is 13.5. The summed E-state index contributed by atoms with van der Waals surface area (Å²) in [6.07, 6.45) is 0.493. The van der Waals surface area contributed by atoms with Crippen molar-refractivity contribution < 1.29 is 19.1 Å². The second-order valence-corrected chi connectivity index (χ2v) is 16.3. The highest BCUT2D eigenvalue weighted by Crippen LogP contribution is 2.47. The van der Waals surface area contributed by atoms with Crippen LogP contribution in [0.5, 0.6) is 0 Å². The van der Waals surface area contributed by atoms with Gasteiger partial charge in [0.2, 0.25) is 11.8 Å². The lowest BCUT2D eigenvalue weighted by Gasteiger charge is -2.44. The Balaban J connectivity index is 1.76. The van der Waals surface area contributed by atoms with Gasteiger partial charge in [-0.25, -0.2) is 4.79 Å². The smallest absolute Gasteiger partial charge is 0.408 e. The monoisotopic (exact) mass is 686 g/mol. The molecule has 1 heterocycles. The standard InChI is InChI=1S/C41H43N4O4P/c1-5-27-41(3,4)38(45(40(47)48)31(6-2)28-36-43-44-39(49-36)30-19-11-7-12-20-30)37(46)35(29-42)50(32-21-13-8-14-22-32,33-23-15-9-16-24-33)34-25-17-10-18-26-34/h7-26,31,38H,5-6,27-28H2,1-4H3,(H,47,48)/t31-,38+/m0/s1. The molecule has 1 amide bonds. The van der Waals surface area contributed by atoms with Gasteiger partial charge in [-0.05, 0) is 53.2 Å². The van der Waals surface area contributed by atoms with Crippen LogP contribution in [0.2, 0.25) is 0 Å². The second kappa shape index (κ2) is 16.0. The number of ketones is 1. The fourth-order valence-corrected chi connectivity index (χ4v) is 11.1. The first-order chi connectivity index (χ1) is 24.2. The molecule has 1 aromatic heterocycles. The lowest BCUT2D eigenvalue weighted by atomic mass is 9.76. The minimum Gasteiger partial charge on any atom is -0.465 e. The van der Waals surface area contributed by atoms with E-state index < -0.39 is 36.3 Å². The van der Waals surface area contributed by atoms with Crippen LogP contribution >= 0.6 is 6.89 Å². The summed E-state index contributed by atoms with van der Waals surface area (Å²) in [6.45, 7) is 4.62. The molecule has 5 rings (SSSR count). The molecule has 0 unspecified atom stereocenters. The van der Waals surface area contributed by atoms with Crippen LogP contribution in [0.25, 0.3) is 11.5 Å². The van der Waals surface area contributed by atoms with Crippen molar-refractivity contribution in [3.8, 4) is 17.5 Å². The molecule has 0 aliphatic heterocycles. The van der Waals surface area contributed by atoms with Gasteiger partial charge in [-0.1, -0.05) is 143 Å². The molecular formula is C41H43N4O4P. The molecule has 0 aliphatic carbocycles. The number of hydrogen-bond donors (Lipinski definition) is 1. The zero-order valence-electron chi connectivity index (χ0n) is 28.9. The van der Waals surface area contributed by atoms with Crippen LogP contribution in [-0.4, -0.2) is 49.5 Å². The van der Waals surface area contributed by atoms with E-state index in [1.54, 1.807) is 0 Å². The Bertz CT molecular complexity index is 1880. The van der Waals surface area contributed by atoms with Gasteiger partial charge in [-0.15, -0.1) is 10.2 Å². The number of benzene rings is 4. The maximum absolute atomic E-state index is 15.6. The topological polar surface area (TPSA) is 120 Å². The summed E-state index contributed by atoms with van der Waals surface area (Å²) in [7, 11) is 0. The number of Topliss-reactive ketones (excluding diaryl/α,β-unsaturated/α-hetero) is 1. The molecule has 50 heavy (non-hydrogen) atoms. The first kappa shape index (κ1) is 36.0. The molecule has 9 heteroatoms. The van der Waals surface area contributed by atoms with Crippen molar-refractivity contribution in [1.82, 2.24) is 15.1 Å². The summed E-state index contributed by atoms with van der Waals surface area (Å²) in [5.41, 5.74) is -0.0911. The van der Waals surface area contributed by atoms with Gasteiger partial charge in [-0.3, -0.25) is 9.69 Å². The SMILES string of the molecule is CCCC(C)(C)[C@@H](C(=O)C(C#N)=P(c1ccccc1)(c1ccccc1)c1ccccc1)N(C(=O)O)[C@@H](CC)Cc1nnc(-c2ccccc2)o1. The largest absolute Gasteiger partial charge is 0.465 e. The average molecular weight is 687 g/mol. The second-order valence-electron chi connectivity index (χ2n) is 13.0. The van der Waals surface area contributed by atoms with E-state index >= 15 is 4.79 Å². The first-order valence-electron chi connectivity index (χ1n) is 17.0. The van der Waals surface area contributed by atoms with Crippen molar-refractivity contribution in [2.75, 3.05) is 0 Å². The third-order valence-electron chi connectivity index (χ3n) is 9.25. The summed E-state index contributed by atoms with van der Waals surface area (Å²) in [4.78, 5) is 30.4. The summed E-state index contributed by atoms with van der Waals surface area (Å²) in [5.74, 6) is 0.109. The summed E-state index contributed by atoms with van der Waals surface area (Å²) in [5, 5.41) is 33.3. The average Bonchev–Trinajstić information content (AvgIpc) is 3.61. The number of aromatic nitrogens is 2. The van der Waals surface area contributed by atoms with Crippen molar-refractivity contribution in [3.63, 3.8) is 0 Å². The van der Waals surface area contributed by atoms with Gasteiger partial charge < -0.3 is 9.52 Å². The van der Waals surface area contributed by atoms with Crippen LogP contribution in [0.1, 0.15) is 52.8 Å². The minimum absolute atomic E-state index is 0.0561. The van der Waals surface area contributed by atoms with Crippen LogP contribution in [0.4, 0.5) is 4.79 Å². The van der Waals surface area contributed by atoms with Gasteiger partial charge in [0, 0.05) is 18.0 Å². The molecule has 8 nitrogen and oxygen atoms in total. The van der Waals surface area contributed by atoms with Crippen LogP contribution in [-0.2, 0) is 11.2 Å². The van der Waals surface area contributed by atoms with E-state index in [0.717, 1.165) is 21.5 Å². The summed E-state index contributed by atoms with van der Waals surface area (Å²) < 4.78 is 6.02. The molecule has 0 spiro atoms. The molecule has 0 aliphatic rings. The summed E-state index contributed by atoms with van der Waals surface area (Å²) >= 11 is 0. The first-order valence-corrected chi connectivity index (χ1v) is 18.7. The molecule has 0 fully saturated rings. The molecule has 1 N–H and O–H groups in total. The van der Waals surface area contributed by atoms with Crippen LogP contribution < -0.4 is 15.9 Å². The molecule has 5 aromatic rings.